The van der Waals surface area contributed by atoms with E-state index < -0.39 is 5.82 Å². The Morgan fingerprint density at radius 1 is 1.24 bits per heavy atom. The van der Waals surface area contributed by atoms with E-state index in [0.717, 1.165) is 11.3 Å². The Kier molecular flexibility index (Phi) is 5.25. The van der Waals surface area contributed by atoms with Crippen LogP contribution in [-0.4, -0.2) is 49.5 Å². The molecule has 0 saturated carbocycles. The van der Waals surface area contributed by atoms with Crippen molar-refractivity contribution in [3.05, 3.63) is 64.4 Å². The zero-order valence-corrected chi connectivity index (χ0v) is 15.0. The number of methoxy groups -OCH3 is 1. The van der Waals surface area contributed by atoms with Crippen LogP contribution in [0.4, 0.5) is 4.39 Å². The molecule has 3 rings (SSSR count). The van der Waals surface area contributed by atoms with Crippen LogP contribution in [0.2, 0.25) is 5.02 Å². The molecule has 1 aliphatic heterocycles. The lowest BCUT2D eigenvalue weighted by atomic mass is 10.0. The maximum atomic E-state index is 14.1. The van der Waals surface area contributed by atoms with Crippen molar-refractivity contribution in [1.29, 1.82) is 0 Å². The first kappa shape index (κ1) is 17.7. The van der Waals surface area contributed by atoms with E-state index >= 15 is 0 Å². The van der Waals surface area contributed by atoms with Gasteiger partial charge in [0.2, 0.25) is 0 Å². The maximum absolute atomic E-state index is 14.1. The molecule has 1 heterocycles. The molecule has 2 aromatic rings. The van der Waals surface area contributed by atoms with Crippen LogP contribution in [0.5, 0.6) is 5.75 Å². The van der Waals surface area contributed by atoms with Crippen molar-refractivity contribution in [2.75, 3.05) is 33.8 Å². The summed E-state index contributed by atoms with van der Waals surface area (Å²) in [5.41, 5.74) is 0.997. The minimum absolute atomic E-state index is 0.0124. The predicted octanol–water partition coefficient (Wildman–Crippen LogP) is 3.62. The van der Waals surface area contributed by atoms with Crippen molar-refractivity contribution in [2.45, 2.75) is 6.04 Å². The Balaban J connectivity index is 1.86. The molecule has 1 fully saturated rings. The first-order valence-electron chi connectivity index (χ1n) is 8.08. The fourth-order valence-corrected chi connectivity index (χ4v) is 3.37. The Hall–Kier alpha value is -2.11. The predicted molar refractivity (Wildman–Crippen MR) is 95.7 cm³/mol. The lowest BCUT2D eigenvalue weighted by Crippen LogP contribution is -2.49. The molecule has 2 aromatic carbocycles. The highest BCUT2D eigenvalue weighted by Crippen LogP contribution is 2.29. The number of ether oxygens (including phenoxy) is 1. The van der Waals surface area contributed by atoms with E-state index in [-0.39, 0.29) is 22.5 Å². The zero-order valence-electron chi connectivity index (χ0n) is 14.2. The van der Waals surface area contributed by atoms with Crippen LogP contribution in [0.3, 0.4) is 0 Å². The van der Waals surface area contributed by atoms with E-state index in [0.29, 0.717) is 19.6 Å². The summed E-state index contributed by atoms with van der Waals surface area (Å²) in [6.45, 7) is 1.69. The Morgan fingerprint density at radius 3 is 2.72 bits per heavy atom. The fraction of sp³-hybridized carbons (Fsp3) is 0.316. The first-order valence-corrected chi connectivity index (χ1v) is 8.46. The van der Waals surface area contributed by atoms with Gasteiger partial charge in [-0.15, -0.1) is 0 Å². The second-order valence-electron chi connectivity index (χ2n) is 6.12. The van der Waals surface area contributed by atoms with Crippen molar-refractivity contribution >= 4 is 17.5 Å². The second-order valence-corrected chi connectivity index (χ2v) is 6.53. The standard InChI is InChI=1S/C19H20ClFN2O2/c1-22-9-10-23(19(24)18-15(20)7-4-8-16(18)21)12-17(22)13-5-3-6-14(11-13)25-2/h3-8,11,17H,9-10,12H2,1-2H3. The van der Waals surface area contributed by atoms with Gasteiger partial charge in [-0.05, 0) is 36.9 Å². The Bertz CT molecular complexity index is 764. The van der Waals surface area contributed by atoms with E-state index in [1.54, 1.807) is 12.0 Å². The molecule has 0 N–H and O–H groups in total. The lowest BCUT2D eigenvalue weighted by Gasteiger charge is -2.40. The normalized spacial score (nSPS) is 18.2. The molecule has 0 aromatic heterocycles. The number of halogens is 2. The summed E-state index contributed by atoms with van der Waals surface area (Å²) in [5, 5.41) is 0.141. The molecule has 4 nitrogen and oxygen atoms in total. The van der Waals surface area contributed by atoms with E-state index in [9.17, 15) is 9.18 Å². The van der Waals surface area contributed by atoms with Crippen LogP contribution in [0.25, 0.3) is 0 Å². The number of hydrogen-bond donors (Lipinski definition) is 0. The Morgan fingerprint density at radius 2 is 2.00 bits per heavy atom. The number of nitrogens with zero attached hydrogens (tertiary/aromatic N) is 2. The van der Waals surface area contributed by atoms with E-state index in [1.165, 1.54) is 18.2 Å². The average Bonchev–Trinajstić information content (AvgIpc) is 2.62. The van der Waals surface area contributed by atoms with Gasteiger partial charge >= 0.3 is 0 Å². The van der Waals surface area contributed by atoms with Gasteiger partial charge in [-0.25, -0.2) is 4.39 Å². The van der Waals surface area contributed by atoms with Gasteiger partial charge in [0.15, 0.2) is 0 Å². The molecule has 0 radical (unpaired) electrons. The third kappa shape index (κ3) is 3.62. The first-order chi connectivity index (χ1) is 12.0. The smallest absolute Gasteiger partial charge is 0.258 e. The van der Waals surface area contributed by atoms with Crippen molar-refractivity contribution in [1.82, 2.24) is 9.80 Å². The quantitative estimate of drug-likeness (QED) is 0.836. The van der Waals surface area contributed by atoms with Gasteiger partial charge in [0.05, 0.1) is 23.7 Å². The number of hydrogen-bond acceptors (Lipinski definition) is 3. The van der Waals surface area contributed by atoms with Crippen LogP contribution >= 0.6 is 11.6 Å². The zero-order chi connectivity index (χ0) is 18.0. The molecule has 0 aliphatic carbocycles. The van der Waals surface area contributed by atoms with Gasteiger partial charge in [-0.3, -0.25) is 9.69 Å². The number of carbonyl (C=O) groups excluding carboxylic acids is 1. The summed E-state index contributed by atoms with van der Waals surface area (Å²) in [7, 11) is 3.64. The molecule has 1 amide bonds. The summed E-state index contributed by atoms with van der Waals surface area (Å²) in [4.78, 5) is 16.6. The van der Waals surface area contributed by atoms with Gasteiger partial charge in [-0.1, -0.05) is 29.8 Å². The molecule has 25 heavy (non-hydrogen) atoms. The number of rotatable bonds is 3. The average molecular weight is 363 g/mol. The molecule has 132 valence electrons. The number of amides is 1. The van der Waals surface area contributed by atoms with Crippen LogP contribution < -0.4 is 4.74 Å². The van der Waals surface area contributed by atoms with Gasteiger partial charge in [0, 0.05) is 19.6 Å². The molecule has 6 heteroatoms. The number of benzene rings is 2. The van der Waals surface area contributed by atoms with Crippen molar-refractivity contribution in [3.63, 3.8) is 0 Å². The minimum Gasteiger partial charge on any atom is -0.497 e. The van der Waals surface area contributed by atoms with Crippen molar-refractivity contribution in [2.24, 2.45) is 0 Å². The number of carbonyl (C=O) groups is 1. The van der Waals surface area contributed by atoms with Crippen LogP contribution in [0.15, 0.2) is 42.5 Å². The molecule has 1 saturated heterocycles. The molecule has 1 unspecified atom stereocenters. The minimum atomic E-state index is -0.589. The van der Waals surface area contributed by atoms with Crippen LogP contribution in [0, 0.1) is 5.82 Å². The SMILES string of the molecule is COc1cccc(C2CN(C(=O)c3c(F)cccc3Cl)CCN2C)c1. The molecular weight excluding hydrogens is 343 g/mol. The number of likely N-dealkylation sites (N-methyl/N-ethyl adjacent to an activating group) is 1. The fourth-order valence-electron chi connectivity index (χ4n) is 3.13. The van der Waals surface area contributed by atoms with Crippen LogP contribution in [0.1, 0.15) is 22.0 Å². The summed E-state index contributed by atoms with van der Waals surface area (Å²) in [6, 6.07) is 12.1. The summed E-state index contributed by atoms with van der Waals surface area (Å²) in [6.07, 6.45) is 0. The third-order valence-corrected chi connectivity index (χ3v) is 4.91. The lowest BCUT2D eigenvalue weighted by molar-refractivity contribution is 0.0542. The molecule has 1 atom stereocenters. The topological polar surface area (TPSA) is 32.8 Å². The highest BCUT2D eigenvalue weighted by Gasteiger charge is 2.31. The molecular formula is C19H20ClFN2O2. The highest BCUT2D eigenvalue weighted by molar-refractivity contribution is 6.33. The van der Waals surface area contributed by atoms with Crippen LogP contribution in [-0.2, 0) is 0 Å². The summed E-state index contributed by atoms with van der Waals surface area (Å²) in [5.74, 6) is -0.190. The summed E-state index contributed by atoms with van der Waals surface area (Å²) < 4.78 is 19.4. The van der Waals surface area contributed by atoms with Crippen molar-refractivity contribution < 1.29 is 13.9 Å². The van der Waals surface area contributed by atoms with Gasteiger partial charge in [-0.2, -0.15) is 0 Å². The van der Waals surface area contributed by atoms with E-state index in [4.69, 9.17) is 16.3 Å². The maximum Gasteiger partial charge on any atom is 0.258 e. The highest BCUT2D eigenvalue weighted by atomic mass is 35.5. The number of piperazine rings is 1. The largest absolute Gasteiger partial charge is 0.497 e. The molecule has 1 aliphatic rings. The van der Waals surface area contributed by atoms with Gasteiger partial charge < -0.3 is 9.64 Å². The monoisotopic (exact) mass is 362 g/mol. The third-order valence-electron chi connectivity index (χ3n) is 4.59. The molecule has 0 spiro atoms. The van der Waals surface area contributed by atoms with Gasteiger partial charge in [0.1, 0.15) is 11.6 Å². The summed E-state index contributed by atoms with van der Waals surface area (Å²) >= 11 is 6.05. The second kappa shape index (κ2) is 7.42. The Labute approximate surface area is 151 Å². The van der Waals surface area contributed by atoms with Crippen molar-refractivity contribution in [3.8, 4) is 5.75 Å². The van der Waals surface area contributed by atoms with E-state index in [2.05, 4.69) is 4.90 Å². The molecule has 0 bridgehead atoms. The van der Waals surface area contributed by atoms with E-state index in [1.807, 2.05) is 31.3 Å². The van der Waals surface area contributed by atoms with Gasteiger partial charge in [0.25, 0.3) is 5.91 Å².